The zero-order valence-electron chi connectivity index (χ0n) is 13.5. The fraction of sp³-hybridized carbons (Fsp3) is 0.312. The van der Waals surface area contributed by atoms with Crippen LogP contribution in [-0.4, -0.2) is 41.7 Å². The lowest BCUT2D eigenvalue weighted by Crippen LogP contribution is -2.27. The van der Waals surface area contributed by atoms with Gasteiger partial charge in [0.25, 0.3) is 5.91 Å². The first kappa shape index (κ1) is 19.2. The molecule has 1 aromatic carbocycles. The van der Waals surface area contributed by atoms with Gasteiger partial charge >= 0.3 is 5.97 Å². The van der Waals surface area contributed by atoms with Gasteiger partial charge in [-0.2, -0.15) is 0 Å². The number of carbonyl (C=O) groups excluding carboxylic acids is 1. The summed E-state index contributed by atoms with van der Waals surface area (Å²) in [5.41, 5.74) is 0.615. The van der Waals surface area contributed by atoms with Crippen molar-refractivity contribution in [2.45, 2.75) is 13.5 Å². The Hall–Kier alpha value is -2.16. The molecule has 0 fully saturated rings. The number of aryl methyl sites for hydroxylation is 1. The van der Waals surface area contributed by atoms with E-state index < -0.39 is 5.97 Å². The van der Waals surface area contributed by atoms with Gasteiger partial charge in [-0.25, -0.2) is 9.78 Å². The number of thiazole rings is 1. The van der Waals surface area contributed by atoms with E-state index in [0.29, 0.717) is 26.4 Å². The van der Waals surface area contributed by atoms with Crippen LogP contribution >= 0.6 is 22.9 Å². The first-order valence-corrected chi connectivity index (χ1v) is 8.57. The third-order valence-corrected chi connectivity index (χ3v) is 4.36. The minimum atomic E-state index is -1.05. The van der Waals surface area contributed by atoms with Crippen molar-refractivity contribution in [3.63, 3.8) is 0 Å². The lowest BCUT2D eigenvalue weighted by atomic mass is 10.3. The molecule has 25 heavy (non-hydrogen) atoms. The molecule has 0 unspecified atom stereocenters. The van der Waals surface area contributed by atoms with Gasteiger partial charge < -0.3 is 19.9 Å². The number of halogens is 1. The Labute approximate surface area is 153 Å². The van der Waals surface area contributed by atoms with Crippen molar-refractivity contribution >= 4 is 34.8 Å². The van der Waals surface area contributed by atoms with E-state index in [1.807, 2.05) is 0 Å². The number of aliphatic carboxylic acids is 1. The standard InChI is InChI=1S/C16H17ClN2O5S/c1-10-15(16(22)18-6-7-23-9-14(20)21)25-13(19-10)8-24-12-4-2-11(17)3-5-12/h2-5H,6-9H2,1H3,(H,18,22)(H,20,21). The van der Waals surface area contributed by atoms with Crippen LogP contribution in [0.25, 0.3) is 0 Å². The molecule has 0 atom stereocenters. The third kappa shape index (κ3) is 6.33. The topological polar surface area (TPSA) is 97.8 Å². The van der Waals surface area contributed by atoms with Crippen molar-refractivity contribution < 1.29 is 24.2 Å². The number of nitrogens with one attached hydrogen (secondary N) is 1. The van der Waals surface area contributed by atoms with Crippen molar-refractivity contribution in [2.24, 2.45) is 0 Å². The van der Waals surface area contributed by atoms with Crippen LogP contribution in [0.2, 0.25) is 5.02 Å². The van der Waals surface area contributed by atoms with Crippen LogP contribution in [0.15, 0.2) is 24.3 Å². The van der Waals surface area contributed by atoms with Crippen molar-refractivity contribution in [1.29, 1.82) is 0 Å². The Morgan fingerprint density at radius 1 is 1.32 bits per heavy atom. The number of carboxylic acids is 1. The summed E-state index contributed by atoms with van der Waals surface area (Å²) in [7, 11) is 0. The Bertz CT molecular complexity index is 733. The highest BCUT2D eigenvalue weighted by atomic mass is 35.5. The number of aromatic nitrogens is 1. The monoisotopic (exact) mass is 384 g/mol. The molecule has 134 valence electrons. The SMILES string of the molecule is Cc1nc(COc2ccc(Cl)cc2)sc1C(=O)NCCOCC(=O)O. The molecule has 1 aromatic heterocycles. The molecule has 2 aromatic rings. The maximum Gasteiger partial charge on any atom is 0.329 e. The zero-order valence-corrected chi connectivity index (χ0v) is 15.0. The lowest BCUT2D eigenvalue weighted by Gasteiger charge is -2.04. The summed E-state index contributed by atoms with van der Waals surface area (Å²) in [6, 6.07) is 6.98. The first-order chi connectivity index (χ1) is 12.0. The minimum Gasteiger partial charge on any atom is -0.486 e. The molecule has 2 rings (SSSR count). The zero-order chi connectivity index (χ0) is 18.2. The Kier molecular flexibility index (Phi) is 7.17. The van der Waals surface area contributed by atoms with Gasteiger partial charge in [-0.3, -0.25) is 4.79 Å². The second kappa shape index (κ2) is 9.36. The van der Waals surface area contributed by atoms with Crippen LogP contribution in [0.4, 0.5) is 0 Å². The van der Waals surface area contributed by atoms with Crippen molar-refractivity contribution in [3.8, 4) is 5.75 Å². The molecule has 0 aliphatic carbocycles. The van der Waals surface area contributed by atoms with E-state index in [4.69, 9.17) is 26.2 Å². The molecule has 2 N–H and O–H groups in total. The lowest BCUT2D eigenvalue weighted by molar-refractivity contribution is -0.142. The van der Waals surface area contributed by atoms with Crippen molar-refractivity contribution in [1.82, 2.24) is 10.3 Å². The Balaban J connectivity index is 1.82. The maximum absolute atomic E-state index is 12.1. The molecular formula is C16H17ClN2O5S. The van der Waals surface area contributed by atoms with Gasteiger partial charge in [-0.15, -0.1) is 11.3 Å². The van der Waals surface area contributed by atoms with Crippen molar-refractivity contribution in [3.05, 3.63) is 44.9 Å². The number of nitrogens with zero attached hydrogens (tertiary/aromatic N) is 1. The normalized spacial score (nSPS) is 10.5. The number of carbonyl (C=O) groups is 2. The summed E-state index contributed by atoms with van der Waals surface area (Å²) < 4.78 is 10.5. The molecule has 0 spiro atoms. The van der Waals surface area contributed by atoms with Gasteiger partial charge in [0.05, 0.1) is 12.3 Å². The summed E-state index contributed by atoms with van der Waals surface area (Å²) in [5.74, 6) is -0.652. The molecule has 0 radical (unpaired) electrons. The number of hydrogen-bond acceptors (Lipinski definition) is 6. The number of ether oxygens (including phenoxy) is 2. The highest BCUT2D eigenvalue weighted by molar-refractivity contribution is 7.13. The Morgan fingerprint density at radius 2 is 2.04 bits per heavy atom. The Morgan fingerprint density at radius 3 is 2.72 bits per heavy atom. The minimum absolute atomic E-state index is 0.127. The number of benzene rings is 1. The molecule has 0 aliphatic rings. The smallest absolute Gasteiger partial charge is 0.329 e. The number of amides is 1. The quantitative estimate of drug-likeness (QED) is 0.645. The van der Waals surface area contributed by atoms with Crippen LogP contribution in [0.3, 0.4) is 0 Å². The molecule has 1 heterocycles. The largest absolute Gasteiger partial charge is 0.486 e. The van der Waals surface area contributed by atoms with Crippen LogP contribution in [0, 0.1) is 6.92 Å². The summed E-state index contributed by atoms with van der Waals surface area (Å²) >= 11 is 7.07. The van der Waals surface area contributed by atoms with E-state index >= 15 is 0 Å². The number of rotatable bonds is 9. The first-order valence-electron chi connectivity index (χ1n) is 7.38. The molecule has 0 aliphatic heterocycles. The third-order valence-electron chi connectivity index (χ3n) is 2.98. The van der Waals surface area contributed by atoms with Crippen molar-refractivity contribution in [2.75, 3.05) is 19.8 Å². The molecular weight excluding hydrogens is 368 g/mol. The molecule has 1 amide bonds. The van der Waals surface area contributed by atoms with Gasteiger partial charge in [0.2, 0.25) is 0 Å². The summed E-state index contributed by atoms with van der Waals surface area (Å²) in [5, 5.41) is 12.4. The summed E-state index contributed by atoms with van der Waals surface area (Å²) in [6.45, 7) is 1.96. The van der Waals surface area contributed by atoms with Gasteiger partial charge in [-0.1, -0.05) is 11.6 Å². The predicted molar refractivity (Wildman–Crippen MR) is 93.4 cm³/mol. The van der Waals surface area contributed by atoms with Crippen LogP contribution in [0.5, 0.6) is 5.75 Å². The van der Waals surface area contributed by atoms with Crippen LogP contribution in [0.1, 0.15) is 20.4 Å². The summed E-state index contributed by atoms with van der Waals surface area (Å²) in [4.78, 5) is 27.3. The van der Waals surface area contributed by atoms with Gasteiger partial charge in [0.1, 0.15) is 28.8 Å². The number of hydrogen-bond donors (Lipinski definition) is 2. The van der Waals surface area contributed by atoms with E-state index in [0.717, 1.165) is 0 Å². The second-order valence-corrected chi connectivity index (χ2v) is 6.49. The maximum atomic E-state index is 12.1. The van der Waals surface area contributed by atoms with E-state index in [1.54, 1.807) is 31.2 Å². The average molecular weight is 385 g/mol. The molecule has 9 heteroatoms. The molecule has 7 nitrogen and oxygen atoms in total. The highest BCUT2D eigenvalue weighted by Gasteiger charge is 2.15. The van der Waals surface area contributed by atoms with Gasteiger partial charge in [-0.05, 0) is 31.2 Å². The van der Waals surface area contributed by atoms with Gasteiger partial charge in [0, 0.05) is 11.6 Å². The molecule has 0 bridgehead atoms. The molecule has 0 saturated heterocycles. The second-order valence-electron chi connectivity index (χ2n) is 4.97. The summed E-state index contributed by atoms with van der Waals surface area (Å²) in [6.07, 6.45) is 0. The van der Waals surface area contributed by atoms with E-state index in [1.165, 1.54) is 11.3 Å². The van der Waals surface area contributed by atoms with Gasteiger partial charge in [0.15, 0.2) is 0 Å². The van der Waals surface area contributed by atoms with E-state index in [9.17, 15) is 9.59 Å². The molecule has 0 saturated carbocycles. The average Bonchev–Trinajstić information content (AvgIpc) is 2.94. The van der Waals surface area contributed by atoms with E-state index in [-0.39, 0.29) is 32.3 Å². The predicted octanol–water partition coefficient (Wildman–Crippen LogP) is 2.51. The fourth-order valence-electron chi connectivity index (χ4n) is 1.88. The number of carboxylic acid groups (broad SMARTS) is 1. The van der Waals surface area contributed by atoms with E-state index in [2.05, 4.69) is 10.3 Å². The highest BCUT2D eigenvalue weighted by Crippen LogP contribution is 2.21. The fourth-order valence-corrected chi connectivity index (χ4v) is 2.90. The van der Waals surface area contributed by atoms with Crippen LogP contribution < -0.4 is 10.1 Å². The van der Waals surface area contributed by atoms with Crippen LogP contribution in [-0.2, 0) is 16.1 Å².